The molecule has 2 aliphatic heterocycles. The van der Waals surface area contributed by atoms with Crippen LogP contribution in [0.25, 0.3) is 0 Å². The van der Waals surface area contributed by atoms with Crippen LogP contribution in [0.2, 0.25) is 0 Å². The summed E-state index contributed by atoms with van der Waals surface area (Å²) in [6.07, 6.45) is 2.61. The van der Waals surface area contributed by atoms with Crippen molar-refractivity contribution in [3.05, 3.63) is 24.3 Å². The van der Waals surface area contributed by atoms with E-state index in [0.717, 1.165) is 39.0 Å². The number of methoxy groups -OCH3 is 1. The summed E-state index contributed by atoms with van der Waals surface area (Å²) in [6.45, 7) is 7.82. The Hall–Kier alpha value is -1.79. The van der Waals surface area contributed by atoms with Crippen LogP contribution in [0.3, 0.4) is 0 Å². The maximum Gasteiger partial charge on any atom is 0.322 e. The van der Waals surface area contributed by atoms with Crippen molar-refractivity contribution in [3.63, 3.8) is 0 Å². The number of urea groups is 1. The highest BCUT2D eigenvalue weighted by Crippen LogP contribution is 2.26. The van der Waals surface area contributed by atoms with Crippen molar-refractivity contribution in [2.45, 2.75) is 44.9 Å². The maximum absolute atomic E-state index is 12.8. The molecule has 2 aliphatic rings. The minimum absolute atomic E-state index is 0.0404. The summed E-state index contributed by atoms with van der Waals surface area (Å²) in [5.74, 6) is 0.683. The van der Waals surface area contributed by atoms with Crippen molar-refractivity contribution in [3.8, 4) is 5.75 Å². The third-order valence-corrected chi connectivity index (χ3v) is 4.95. The Morgan fingerprint density at radius 2 is 2.00 bits per heavy atom. The molecule has 1 N–H and O–H groups in total. The van der Waals surface area contributed by atoms with Gasteiger partial charge < -0.3 is 19.7 Å². The fraction of sp³-hybridized carbons (Fsp3) is 0.632. The molecule has 0 unspecified atom stereocenters. The van der Waals surface area contributed by atoms with E-state index in [2.05, 4.69) is 24.1 Å². The van der Waals surface area contributed by atoms with Gasteiger partial charge in [-0.2, -0.15) is 0 Å². The molecule has 0 saturated carbocycles. The molecule has 2 amide bonds. The zero-order chi connectivity index (χ0) is 17.8. The van der Waals surface area contributed by atoms with Gasteiger partial charge in [0.1, 0.15) is 5.75 Å². The van der Waals surface area contributed by atoms with Crippen LogP contribution in [0.1, 0.15) is 26.7 Å². The Balaban J connectivity index is 1.61. The molecule has 6 nitrogen and oxygen atoms in total. The highest BCUT2D eigenvalue weighted by Gasteiger charge is 2.32. The number of benzene rings is 1. The number of carbonyl (C=O) groups is 1. The largest absolute Gasteiger partial charge is 0.495 e. The predicted molar refractivity (Wildman–Crippen MR) is 98.2 cm³/mol. The number of amides is 2. The molecule has 0 aromatic heterocycles. The van der Waals surface area contributed by atoms with Crippen molar-refractivity contribution in [1.29, 1.82) is 0 Å². The van der Waals surface area contributed by atoms with Crippen LogP contribution < -0.4 is 10.1 Å². The topological polar surface area (TPSA) is 54.0 Å². The van der Waals surface area contributed by atoms with Crippen molar-refractivity contribution >= 4 is 11.7 Å². The van der Waals surface area contributed by atoms with Gasteiger partial charge in [0.2, 0.25) is 0 Å². The second kappa shape index (κ2) is 8.06. The zero-order valence-electron chi connectivity index (χ0n) is 15.4. The molecule has 0 aliphatic carbocycles. The van der Waals surface area contributed by atoms with E-state index in [9.17, 15) is 4.79 Å². The number of hydrogen-bond donors (Lipinski definition) is 1. The third-order valence-electron chi connectivity index (χ3n) is 4.95. The van der Waals surface area contributed by atoms with Gasteiger partial charge in [-0.1, -0.05) is 12.1 Å². The number of nitrogens with one attached hydrogen (secondary N) is 1. The molecule has 25 heavy (non-hydrogen) atoms. The monoisotopic (exact) mass is 347 g/mol. The number of morpholine rings is 1. The summed E-state index contributed by atoms with van der Waals surface area (Å²) >= 11 is 0. The number of likely N-dealkylation sites (tertiary alicyclic amines) is 1. The Morgan fingerprint density at radius 3 is 2.72 bits per heavy atom. The molecule has 0 bridgehead atoms. The van der Waals surface area contributed by atoms with Gasteiger partial charge in [-0.3, -0.25) is 4.90 Å². The number of anilines is 1. The standard InChI is InChI=1S/C19H29N3O3/c1-14-11-21(12-15(2)25-14)13-16-7-6-10-22(16)19(23)20-17-8-4-5-9-18(17)24-3/h4-5,8-9,14-16H,6-7,10-13H2,1-3H3,(H,20,23)/t14-,15+,16-/m1/s1. The lowest BCUT2D eigenvalue weighted by atomic mass is 10.1. The second-order valence-corrected chi connectivity index (χ2v) is 7.10. The van der Waals surface area contributed by atoms with Crippen LogP contribution >= 0.6 is 0 Å². The van der Waals surface area contributed by atoms with E-state index in [1.165, 1.54) is 0 Å². The van der Waals surface area contributed by atoms with Gasteiger partial charge >= 0.3 is 6.03 Å². The SMILES string of the molecule is COc1ccccc1NC(=O)N1CCC[C@@H]1CN1C[C@@H](C)O[C@@H](C)C1. The van der Waals surface area contributed by atoms with E-state index >= 15 is 0 Å². The molecular weight excluding hydrogens is 318 g/mol. The molecule has 2 fully saturated rings. The van der Waals surface area contributed by atoms with E-state index in [1.54, 1.807) is 7.11 Å². The first-order chi connectivity index (χ1) is 12.1. The number of carbonyl (C=O) groups excluding carboxylic acids is 1. The Bertz CT molecular complexity index is 585. The molecule has 0 radical (unpaired) electrons. The fourth-order valence-electron chi connectivity index (χ4n) is 3.96. The lowest BCUT2D eigenvalue weighted by Gasteiger charge is -2.38. The van der Waals surface area contributed by atoms with E-state index in [4.69, 9.17) is 9.47 Å². The quantitative estimate of drug-likeness (QED) is 0.910. The van der Waals surface area contributed by atoms with Crippen molar-refractivity contribution < 1.29 is 14.3 Å². The number of hydrogen-bond acceptors (Lipinski definition) is 4. The van der Waals surface area contributed by atoms with Crippen LogP contribution in [0.15, 0.2) is 24.3 Å². The van der Waals surface area contributed by atoms with Crippen molar-refractivity contribution in [1.82, 2.24) is 9.80 Å². The Morgan fingerprint density at radius 1 is 1.28 bits per heavy atom. The first-order valence-electron chi connectivity index (χ1n) is 9.15. The summed E-state index contributed by atoms with van der Waals surface area (Å²) in [6, 6.07) is 7.73. The van der Waals surface area contributed by atoms with Crippen LogP contribution in [-0.4, -0.2) is 67.4 Å². The van der Waals surface area contributed by atoms with E-state index in [-0.39, 0.29) is 24.3 Å². The van der Waals surface area contributed by atoms with Gasteiger partial charge in [0.15, 0.2) is 0 Å². The van der Waals surface area contributed by atoms with Gasteiger partial charge in [0.05, 0.1) is 25.0 Å². The van der Waals surface area contributed by atoms with Crippen LogP contribution in [-0.2, 0) is 4.74 Å². The summed E-state index contributed by atoms with van der Waals surface area (Å²) in [5.41, 5.74) is 0.717. The molecule has 0 spiro atoms. The van der Waals surface area contributed by atoms with E-state index in [0.29, 0.717) is 11.4 Å². The van der Waals surface area contributed by atoms with E-state index < -0.39 is 0 Å². The molecule has 2 heterocycles. The average molecular weight is 347 g/mol. The number of ether oxygens (including phenoxy) is 2. The summed E-state index contributed by atoms with van der Waals surface area (Å²) in [5, 5.41) is 3.01. The van der Waals surface area contributed by atoms with Crippen LogP contribution in [0.5, 0.6) is 5.75 Å². The first-order valence-corrected chi connectivity index (χ1v) is 9.15. The van der Waals surface area contributed by atoms with Gasteiger partial charge in [0.25, 0.3) is 0 Å². The maximum atomic E-state index is 12.8. The summed E-state index contributed by atoms with van der Waals surface area (Å²) < 4.78 is 11.1. The van der Waals surface area contributed by atoms with Gasteiger partial charge in [-0.15, -0.1) is 0 Å². The van der Waals surface area contributed by atoms with Crippen molar-refractivity contribution in [2.24, 2.45) is 0 Å². The number of rotatable bonds is 4. The van der Waals surface area contributed by atoms with Crippen LogP contribution in [0, 0.1) is 0 Å². The number of para-hydroxylation sites is 2. The smallest absolute Gasteiger partial charge is 0.322 e. The highest BCUT2D eigenvalue weighted by atomic mass is 16.5. The van der Waals surface area contributed by atoms with Crippen LogP contribution in [0.4, 0.5) is 10.5 Å². The summed E-state index contributed by atoms with van der Waals surface area (Å²) in [4.78, 5) is 17.2. The molecule has 2 saturated heterocycles. The van der Waals surface area contributed by atoms with Gasteiger partial charge in [-0.25, -0.2) is 4.79 Å². The number of nitrogens with zero attached hydrogens (tertiary/aromatic N) is 2. The Labute approximate surface area is 150 Å². The molecule has 1 aromatic carbocycles. The average Bonchev–Trinajstić information content (AvgIpc) is 3.02. The minimum atomic E-state index is -0.0404. The van der Waals surface area contributed by atoms with Gasteiger partial charge in [-0.05, 0) is 38.8 Å². The Kier molecular flexibility index (Phi) is 5.81. The molecule has 6 heteroatoms. The second-order valence-electron chi connectivity index (χ2n) is 7.10. The zero-order valence-corrected chi connectivity index (χ0v) is 15.4. The van der Waals surface area contributed by atoms with Crippen molar-refractivity contribution in [2.75, 3.05) is 38.6 Å². The lowest BCUT2D eigenvalue weighted by Crippen LogP contribution is -2.51. The minimum Gasteiger partial charge on any atom is -0.495 e. The normalized spacial score (nSPS) is 27.3. The summed E-state index contributed by atoms with van der Waals surface area (Å²) in [7, 11) is 1.62. The third kappa shape index (κ3) is 4.44. The molecule has 3 atom stereocenters. The molecule has 138 valence electrons. The van der Waals surface area contributed by atoms with Gasteiger partial charge in [0, 0.05) is 32.2 Å². The van der Waals surface area contributed by atoms with E-state index in [1.807, 2.05) is 29.2 Å². The molecular formula is C19H29N3O3. The fourth-order valence-corrected chi connectivity index (χ4v) is 3.96. The predicted octanol–water partition coefficient (Wildman–Crippen LogP) is 2.80. The molecule has 1 aromatic rings. The first kappa shape index (κ1) is 18.0. The highest BCUT2D eigenvalue weighted by molar-refractivity contribution is 5.91. The molecule has 3 rings (SSSR count). The lowest BCUT2D eigenvalue weighted by molar-refractivity contribution is -0.0712.